The monoisotopic (exact) mass is 295 g/mol. The summed E-state index contributed by atoms with van der Waals surface area (Å²) in [4.78, 5) is 14.2. The maximum absolute atomic E-state index is 12.3. The number of ether oxygens (including phenoxy) is 1. The molecule has 1 aliphatic rings. The SMILES string of the molecule is C[C@@H]1[C@H](OCc2ccccc2)CC(=O)N1Cc1ccccc1. The number of carbonyl (C=O) groups is 1. The molecule has 0 radical (unpaired) electrons. The summed E-state index contributed by atoms with van der Waals surface area (Å²) in [5, 5.41) is 0. The van der Waals surface area contributed by atoms with Gasteiger partial charge in [-0.1, -0.05) is 60.7 Å². The number of rotatable bonds is 5. The molecule has 0 N–H and O–H groups in total. The van der Waals surface area contributed by atoms with Gasteiger partial charge in [0.25, 0.3) is 0 Å². The maximum atomic E-state index is 12.3. The molecule has 22 heavy (non-hydrogen) atoms. The molecule has 2 atom stereocenters. The first-order chi connectivity index (χ1) is 10.7. The van der Waals surface area contributed by atoms with Gasteiger partial charge in [-0.25, -0.2) is 0 Å². The van der Waals surface area contributed by atoms with E-state index in [-0.39, 0.29) is 18.1 Å². The van der Waals surface area contributed by atoms with E-state index in [2.05, 4.69) is 19.1 Å². The Bertz CT molecular complexity index is 612. The van der Waals surface area contributed by atoms with Crippen LogP contribution in [0, 0.1) is 0 Å². The van der Waals surface area contributed by atoms with Gasteiger partial charge < -0.3 is 9.64 Å². The van der Waals surface area contributed by atoms with Crippen molar-refractivity contribution in [2.75, 3.05) is 0 Å². The summed E-state index contributed by atoms with van der Waals surface area (Å²) in [6.45, 7) is 3.29. The minimum Gasteiger partial charge on any atom is -0.371 e. The molecule has 0 aromatic heterocycles. The quantitative estimate of drug-likeness (QED) is 0.846. The first kappa shape index (κ1) is 14.8. The second kappa shape index (κ2) is 6.75. The van der Waals surface area contributed by atoms with Crippen LogP contribution in [-0.2, 0) is 22.7 Å². The van der Waals surface area contributed by atoms with Gasteiger partial charge in [-0.15, -0.1) is 0 Å². The van der Waals surface area contributed by atoms with Crippen molar-refractivity contribution in [2.45, 2.75) is 38.6 Å². The molecule has 1 amide bonds. The fraction of sp³-hybridized carbons (Fsp3) is 0.316. The van der Waals surface area contributed by atoms with E-state index in [1.807, 2.05) is 53.4 Å². The molecule has 3 rings (SSSR count). The van der Waals surface area contributed by atoms with Crippen LogP contribution < -0.4 is 0 Å². The molecule has 1 heterocycles. The van der Waals surface area contributed by atoms with E-state index in [9.17, 15) is 4.79 Å². The molecule has 1 saturated heterocycles. The highest BCUT2D eigenvalue weighted by atomic mass is 16.5. The van der Waals surface area contributed by atoms with Gasteiger partial charge in [-0.2, -0.15) is 0 Å². The third-order valence-electron chi connectivity index (χ3n) is 4.23. The lowest BCUT2D eigenvalue weighted by Crippen LogP contribution is -2.34. The van der Waals surface area contributed by atoms with Crippen LogP contribution in [0.2, 0.25) is 0 Å². The Labute approximate surface area is 131 Å². The van der Waals surface area contributed by atoms with Crippen LogP contribution in [0.25, 0.3) is 0 Å². The second-order valence-corrected chi connectivity index (χ2v) is 5.79. The van der Waals surface area contributed by atoms with Gasteiger partial charge in [0.2, 0.25) is 5.91 Å². The van der Waals surface area contributed by atoms with Crippen LogP contribution in [0.4, 0.5) is 0 Å². The van der Waals surface area contributed by atoms with Crippen molar-refractivity contribution in [2.24, 2.45) is 0 Å². The van der Waals surface area contributed by atoms with Crippen LogP contribution >= 0.6 is 0 Å². The predicted octanol–water partition coefficient (Wildman–Crippen LogP) is 3.39. The van der Waals surface area contributed by atoms with Crippen molar-refractivity contribution >= 4 is 5.91 Å². The largest absolute Gasteiger partial charge is 0.371 e. The normalized spacial score (nSPS) is 21.3. The lowest BCUT2D eigenvalue weighted by atomic mass is 10.1. The van der Waals surface area contributed by atoms with E-state index >= 15 is 0 Å². The van der Waals surface area contributed by atoms with E-state index in [1.54, 1.807) is 0 Å². The molecule has 0 bridgehead atoms. The Morgan fingerprint density at radius 2 is 1.59 bits per heavy atom. The molecule has 1 fully saturated rings. The maximum Gasteiger partial charge on any atom is 0.225 e. The van der Waals surface area contributed by atoms with Crippen molar-refractivity contribution in [1.82, 2.24) is 4.90 Å². The molecule has 2 aromatic carbocycles. The van der Waals surface area contributed by atoms with Gasteiger partial charge in [0.15, 0.2) is 0 Å². The summed E-state index contributed by atoms with van der Waals surface area (Å²) in [6, 6.07) is 20.3. The highest BCUT2D eigenvalue weighted by molar-refractivity contribution is 5.79. The average Bonchev–Trinajstić information content (AvgIpc) is 2.82. The van der Waals surface area contributed by atoms with E-state index in [0.29, 0.717) is 19.6 Å². The summed E-state index contributed by atoms with van der Waals surface area (Å²) >= 11 is 0. The number of nitrogens with zero attached hydrogens (tertiary/aromatic N) is 1. The van der Waals surface area contributed by atoms with Crippen LogP contribution in [0.3, 0.4) is 0 Å². The number of likely N-dealkylation sites (tertiary alicyclic amines) is 1. The van der Waals surface area contributed by atoms with Crippen molar-refractivity contribution in [1.29, 1.82) is 0 Å². The number of carbonyl (C=O) groups excluding carboxylic acids is 1. The fourth-order valence-electron chi connectivity index (χ4n) is 2.88. The van der Waals surface area contributed by atoms with E-state index < -0.39 is 0 Å². The minimum absolute atomic E-state index is 0.0311. The van der Waals surface area contributed by atoms with Crippen molar-refractivity contribution in [3.63, 3.8) is 0 Å². The Morgan fingerprint density at radius 1 is 1.00 bits per heavy atom. The van der Waals surface area contributed by atoms with Gasteiger partial charge in [0.05, 0.1) is 25.2 Å². The molecule has 0 saturated carbocycles. The highest BCUT2D eigenvalue weighted by Crippen LogP contribution is 2.25. The predicted molar refractivity (Wildman–Crippen MR) is 86.1 cm³/mol. The molecule has 0 aliphatic carbocycles. The van der Waals surface area contributed by atoms with Crippen molar-refractivity contribution in [3.8, 4) is 0 Å². The van der Waals surface area contributed by atoms with Crippen molar-refractivity contribution in [3.05, 3.63) is 71.8 Å². The summed E-state index contributed by atoms with van der Waals surface area (Å²) in [6.07, 6.45) is 0.442. The Morgan fingerprint density at radius 3 is 2.23 bits per heavy atom. The zero-order chi connectivity index (χ0) is 15.4. The summed E-state index contributed by atoms with van der Waals surface area (Å²) < 4.78 is 5.98. The molecule has 0 spiro atoms. The molecule has 3 heteroatoms. The van der Waals surface area contributed by atoms with Gasteiger partial charge in [0, 0.05) is 6.54 Å². The third kappa shape index (κ3) is 3.37. The van der Waals surface area contributed by atoms with Crippen LogP contribution in [0.15, 0.2) is 60.7 Å². The smallest absolute Gasteiger partial charge is 0.225 e. The van der Waals surface area contributed by atoms with Gasteiger partial charge in [-0.05, 0) is 18.1 Å². The first-order valence-electron chi connectivity index (χ1n) is 7.73. The lowest BCUT2D eigenvalue weighted by molar-refractivity contribution is -0.129. The van der Waals surface area contributed by atoms with Gasteiger partial charge in [0.1, 0.15) is 0 Å². The molecule has 2 aromatic rings. The van der Waals surface area contributed by atoms with E-state index in [0.717, 1.165) is 11.1 Å². The summed E-state index contributed by atoms with van der Waals surface area (Å²) in [7, 11) is 0. The fourth-order valence-corrected chi connectivity index (χ4v) is 2.88. The molecule has 114 valence electrons. The Kier molecular flexibility index (Phi) is 4.54. The van der Waals surface area contributed by atoms with Gasteiger partial charge in [-0.3, -0.25) is 4.79 Å². The number of hydrogen-bond acceptors (Lipinski definition) is 2. The molecule has 3 nitrogen and oxygen atoms in total. The molecule has 1 aliphatic heterocycles. The van der Waals surface area contributed by atoms with Crippen LogP contribution in [0.1, 0.15) is 24.5 Å². The molecule has 0 unspecified atom stereocenters. The standard InChI is InChI=1S/C19H21NO2/c1-15-18(22-14-17-10-6-3-7-11-17)12-19(21)20(15)13-16-8-4-2-5-9-16/h2-11,15,18H,12-14H2,1H3/t15-,18-/m1/s1. The number of amides is 1. The van der Waals surface area contributed by atoms with Gasteiger partial charge >= 0.3 is 0 Å². The number of benzene rings is 2. The molecular formula is C19H21NO2. The topological polar surface area (TPSA) is 29.5 Å². The highest BCUT2D eigenvalue weighted by Gasteiger charge is 2.37. The van der Waals surface area contributed by atoms with E-state index in [4.69, 9.17) is 4.74 Å². The van der Waals surface area contributed by atoms with Crippen molar-refractivity contribution < 1.29 is 9.53 Å². The summed E-state index contributed by atoms with van der Waals surface area (Å²) in [5.74, 6) is 0.175. The Hall–Kier alpha value is -2.13. The average molecular weight is 295 g/mol. The molecular weight excluding hydrogens is 274 g/mol. The van der Waals surface area contributed by atoms with Crippen LogP contribution in [0.5, 0.6) is 0 Å². The number of hydrogen-bond donors (Lipinski definition) is 0. The lowest BCUT2D eigenvalue weighted by Gasteiger charge is -2.25. The zero-order valence-electron chi connectivity index (χ0n) is 12.8. The van der Waals surface area contributed by atoms with E-state index in [1.165, 1.54) is 0 Å². The Balaban J connectivity index is 1.60. The minimum atomic E-state index is -0.0311. The van der Waals surface area contributed by atoms with Crippen LogP contribution in [-0.4, -0.2) is 23.0 Å². The second-order valence-electron chi connectivity index (χ2n) is 5.79. The zero-order valence-corrected chi connectivity index (χ0v) is 12.8. The first-order valence-corrected chi connectivity index (χ1v) is 7.73. The third-order valence-corrected chi connectivity index (χ3v) is 4.23. The summed E-state index contributed by atoms with van der Waals surface area (Å²) in [5.41, 5.74) is 2.30.